The lowest BCUT2D eigenvalue weighted by Gasteiger charge is -2.19. The topological polar surface area (TPSA) is 93.0 Å². The number of amides is 1. The maximum atomic E-state index is 13.4. The number of thiophene rings is 1. The van der Waals surface area contributed by atoms with Crippen LogP contribution < -0.4 is 15.8 Å². The van der Waals surface area contributed by atoms with Crippen LogP contribution in [0, 0.1) is 0 Å². The van der Waals surface area contributed by atoms with E-state index in [9.17, 15) is 18.0 Å². The zero-order chi connectivity index (χ0) is 24.5. The number of ether oxygens (including phenoxy) is 1. The summed E-state index contributed by atoms with van der Waals surface area (Å²) in [5.74, 6) is -0.141. The predicted molar refractivity (Wildman–Crippen MR) is 129 cm³/mol. The average Bonchev–Trinajstić information content (AvgIpc) is 3.42. The summed E-state index contributed by atoms with van der Waals surface area (Å²) >= 11 is 4.74. The fraction of sp³-hybridized carbons (Fsp3) is 0.217. The van der Waals surface area contributed by atoms with E-state index in [1.807, 2.05) is 12.1 Å². The summed E-state index contributed by atoms with van der Waals surface area (Å²) in [6.07, 6.45) is -1.12. The number of nitrogens with two attached hydrogens (primary N) is 1. The predicted octanol–water partition coefficient (Wildman–Crippen LogP) is 5.38. The first-order valence-electron chi connectivity index (χ1n) is 10.2. The molecule has 6 nitrogen and oxygen atoms in total. The minimum absolute atomic E-state index is 0.0338. The lowest BCUT2D eigenvalue weighted by Crippen LogP contribution is -2.41. The zero-order valence-electron chi connectivity index (χ0n) is 17.9. The first-order valence-corrected chi connectivity index (χ1v) is 11.8. The molecule has 0 bridgehead atoms. The van der Waals surface area contributed by atoms with E-state index in [0.717, 1.165) is 21.9 Å². The number of H-pyrrole nitrogens is 1. The van der Waals surface area contributed by atoms with Crippen LogP contribution in [-0.2, 0) is 12.6 Å². The van der Waals surface area contributed by atoms with E-state index < -0.39 is 23.7 Å². The van der Waals surface area contributed by atoms with Crippen LogP contribution in [0.15, 0.2) is 53.3 Å². The largest absolute Gasteiger partial charge is 0.494 e. The van der Waals surface area contributed by atoms with Crippen molar-refractivity contribution < 1.29 is 22.7 Å². The Hall–Kier alpha value is -2.89. The molecule has 0 unspecified atom stereocenters. The van der Waals surface area contributed by atoms with Crippen molar-refractivity contribution >= 4 is 44.2 Å². The molecule has 0 radical (unpaired) electrons. The fourth-order valence-electron chi connectivity index (χ4n) is 3.74. The van der Waals surface area contributed by atoms with Crippen molar-refractivity contribution in [2.75, 3.05) is 13.7 Å². The molecule has 3 aromatic heterocycles. The van der Waals surface area contributed by atoms with Crippen LogP contribution in [0.4, 0.5) is 13.2 Å². The molecule has 4 aromatic rings. The number of methoxy groups -OCH3 is 1. The number of aromatic nitrogens is 2. The third-order valence-corrected chi connectivity index (χ3v) is 7.56. The number of rotatable bonds is 7. The number of hydrogen-bond acceptors (Lipinski definition) is 5. The molecular formula is C23H20BrF3N4O2S. The van der Waals surface area contributed by atoms with Gasteiger partial charge >= 0.3 is 6.18 Å². The third kappa shape index (κ3) is 4.68. The lowest BCUT2D eigenvalue weighted by molar-refractivity contribution is -0.138. The molecule has 1 atom stereocenters. The number of halogens is 4. The minimum atomic E-state index is -4.50. The van der Waals surface area contributed by atoms with Gasteiger partial charge in [0.2, 0.25) is 0 Å². The van der Waals surface area contributed by atoms with Crippen LogP contribution in [0.25, 0.3) is 21.5 Å². The van der Waals surface area contributed by atoms with Crippen molar-refractivity contribution in [3.63, 3.8) is 0 Å². The van der Waals surface area contributed by atoms with E-state index in [4.69, 9.17) is 10.5 Å². The Kier molecular flexibility index (Phi) is 6.96. The summed E-state index contributed by atoms with van der Waals surface area (Å²) in [6, 6.07) is 8.29. The van der Waals surface area contributed by atoms with E-state index in [-0.39, 0.29) is 23.4 Å². The summed E-state index contributed by atoms with van der Waals surface area (Å²) in [5, 5.41) is 3.65. The highest BCUT2D eigenvalue weighted by Crippen LogP contribution is 2.47. The van der Waals surface area contributed by atoms with Crippen molar-refractivity contribution in [2.45, 2.75) is 18.6 Å². The van der Waals surface area contributed by atoms with E-state index in [1.165, 1.54) is 36.6 Å². The molecule has 11 heteroatoms. The maximum absolute atomic E-state index is 13.4. The van der Waals surface area contributed by atoms with Gasteiger partial charge < -0.3 is 20.8 Å². The Morgan fingerprint density at radius 2 is 2.06 bits per heavy atom. The molecule has 0 aliphatic carbocycles. The summed E-state index contributed by atoms with van der Waals surface area (Å²) in [5.41, 5.74) is 6.70. The van der Waals surface area contributed by atoms with Crippen LogP contribution in [0.2, 0.25) is 0 Å². The van der Waals surface area contributed by atoms with Crippen LogP contribution in [-0.4, -0.2) is 35.6 Å². The van der Waals surface area contributed by atoms with Gasteiger partial charge in [0, 0.05) is 35.9 Å². The zero-order valence-corrected chi connectivity index (χ0v) is 20.3. The smallest absolute Gasteiger partial charge is 0.416 e. The highest BCUT2D eigenvalue weighted by Gasteiger charge is 2.33. The lowest BCUT2D eigenvalue weighted by atomic mass is 9.99. The Balaban J connectivity index is 1.63. The van der Waals surface area contributed by atoms with Crippen molar-refractivity contribution in [1.29, 1.82) is 0 Å². The second-order valence-electron chi connectivity index (χ2n) is 7.47. The van der Waals surface area contributed by atoms with E-state index in [0.29, 0.717) is 15.9 Å². The number of aromatic amines is 1. The van der Waals surface area contributed by atoms with Gasteiger partial charge in [-0.05, 0) is 46.1 Å². The summed E-state index contributed by atoms with van der Waals surface area (Å²) < 4.78 is 46.2. The monoisotopic (exact) mass is 552 g/mol. The first kappa shape index (κ1) is 24.2. The van der Waals surface area contributed by atoms with Crippen molar-refractivity contribution in [3.8, 4) is 16.2 Å². The normalized spacial score (nSPS) is 12.6. The van der Waals surface area contributed by atoms with Crippen molar-refractivity contribution in [2.24, 2.45) is 5.73 Å². The van der Waals surface area contributed by atoms with Gasteiger partial charge in [0.05, 0.1) is 22.0 Å². The average molecular weight is 553 g/mol. The highest BCUT2D eigenvalue weighted by atomic mass is 79.9. The molecule has 0 spiro atoms. The quantitative estimate of drug-likeness (QED) is 0.287. The first-order chi connectivity index (χ1) is 16.2. The molecular weight excluding hydrogens is 533 g/mol. The van der Waals surface area contributed by atoms with Gasteiger partial charge in [-0.25, -0.2) is 4.98 Å². The van der Waals surface area contributed by atoms with Crippen LogP contribution in [0.1, 0.15) is 20.8 Å². The Bertz CT molecular complexity index is 1340. The van der Waals surface area contributed by atoms with Gasteiger partial charge in [-0.15, -0.1) is 11.3 Å². The number of hydrogen-bond donors (Lipinski definition) is 3. The Morgan fingerprint density at radius 1 is 1.29 bits per heavy atom. The molecule has 178 valence electrons. The van der Waals surface area contributed by atoms with Crippen LogP contribution >= 0.6 is 27.3 Å². The van der Waals surface area contributed by atoms with Gasteiger partial charge in [-0.2, -0.15) is 13.2 Å². The SMILES string of the molecule is COc1c(C(=O)N[C@H](CN)Cc2ccccc2C(F)(F)F)sc(-c2ccnc3[nH]ccc23)c1Br. The molecule has 0 fully saturated rings. The summed E-state index contributed by atoms with van der Waals surface area (Å²) in [7, 11) is 1.45. The molecule has 4 rings (SSSR count). The molecule has 0 saturated heterocycles. The number of nitrogens with one attached hydrogen (secondary N) is 2. The van der Waals surface area contributed by atoms with Gasteiger partial charge in [-0.3, -0.25) is 4.79 Å². The van der Waals surface area contributed by atoms with Crippen molar-refractivity contribution in [1.82, 2.24) is 15.3 Å². The second-order valence-corrected chi connectivity index (χ2v) is 9.28. The number of nitrogens with zero attached hydrogens (tertiary/aromatic N) is 1. The van der Waals surface area contributed by atoms with Gasteiger partial charge in [0.15, 0.2) is 5.75 Å². The Morgan fingerprint density at radius 3 is 2.76 bits per heavy atom. The summed E-state index contributed by atoms with van der Waals surface area (Å²) in [4.78, 5) is 21.6. The number of benzene rings is 1. The van der Waals surface area contributed by atoms with Gasteiger partial charge in [0.1, 0.15) is 10.5 Å². The molecule has 1 aromatic carbocycles. The minimum Gasteiger partial charge on any atom is -0.494 e. The summed E-state index contributed by atoms with van der Waals surface area (Å²) in [6.45, 7) is -0.0338. The number of pyridine rings is 1. The number of carbonyl (C=O) groups excluding carboxylic acids is 1. The van der Waals surface area contributed by atoms with E-state index >= 15 is 0 Å². The third-order valence-electron chi connectivity index (χ3n) is 5.33. The molecule has 0 aliphatic rings. The highest BCUT2D eigenvalue weighted by molar-refractivity contribution is 9.10. The van der Waals surface area contributed by atoms with Crippen molar-refractivity contribution in [3.05, 3.63) is 69.3 Å². The molecule has 34 heavy (non-hydrogen) atoms. The molecule has 1 amide bonds. The van der Waals surface area contributed by atoms with E-state index in [2.05, 4.69) is 31.2 Å². The Labute approximate surface area is 205 Å². The fourth-order valence-corrected chi connectivity index (χ4v) is 5.80. The van der Waals surface area contributed by atoms with E-state index in [1.54, 1.807) is 12.4 Å². The number of alkyl halides is 3. The van der Waals surface area contributed by atoms with Crippen LogP contribution in [0.3, 0.4) is 0 Å². The number of carbonyl (C=O) groups is 1. The molecule has 0 saturated carbocycles. The molecule has 4 N–H and O–H groups in total. The molecule has 3 heterocycles. The van der Waals surface area contributed by atoms with Gasteiger partial charge in [0.25, 0.3) is 5.91 Å². The standard InChI is InChI=1S/C23H20BrF3N4O2S/c1-33-18-17(24)19(14-6-8-29-21-15(14)7-9-30-21)34-20(18)22(32)31-13(11-28)10-12-4-2-3-5-16(12)23(25,26)27/h2-9,13H,10-11,28H2,1H3,(H,29,30)(H,31,32)/t13-/m0/s1. The van der Waals surface area contributed by atoms with Crippen LogP contribution in [0.5, 0.6) is 5.75 Å². The second kappa shape index (κ2) is 9.77. The number of fused-ring (bicyclic) bond motifs is 1. The molecule has 0 aliphatic heterocycles. The van der Waals surface area contributed by atoms with Gasteiger partial charge in [-0.1, -0.05) is 18.2 Å². The maximum Gasteiger partial charge on any atom is 0.416 e.